The molecule has 1 amide bonds. The van der Waals surface area contributed by atoms with Crippen molar-refractivity contribution in [3.63, 3.8) is 0 Å². The summed E-state index contributed by atoms with van der Waals surface area (Å²) in [5, 5.41) is 8.19. The quantitative estimate of drug-likeness (QED) is 0.574. The molecule has 0 spiro atoms. The van der Waals surface area contributed by atoms with E-state index in [0.29, 0.717) is 17.9 Å². The molecule has 8 nitrogen and oxygen atoms in total. The number of amides is 1. The average molecular weight is 410 g/mol. The van der Waals surface area contributed by atoms with Crippen LogP contribution in [0.5, 0.6) is 5.88 Å². The molecular formula is C22H26N4O4. The van der Waals surface area contributed by atoms with Crippen molar-refractivity contribution >= 4 is 22.9 Å². The number of carbonyl (C=O) groups is 2. The van der Waals surface area contributed by atoms with Crippen LogP contribution in [0.1, 0.15) is 30.2 Å². The van der Waals surface area contributed by atoms with E-state index in [1.807, 2.05) is 44.2 Å². The Bertz CT molecular complexity index is 1060. The van der Waals surface area contributed by atoms with E-state index in [-0.39, 0.29) is 25.5 Å². The molecule has 8 heteroatoms. The standard InChI is InChI=1S/C22H26N4O4/c1-5-30-19(28)13-23-18(27)12-11-17-14(2)20-15(3)25-26(16-9-7-6-8-10-16)21(20)24-22(17)29-4/h6-10H,5,11-13H2,1-4H3,(H,23,27). The zero-order chi connectivity index (χ0) is 21.7. The van der Waals surface area contributed by atoms with Gasteiger partial charge in [0, 0.05) is 17.4 Å². The van der Waals surface area contributed by atoms with E-state index in [2.05, 4.69) is 10.4 Å². The zero-order valence-electron chi connectivity index (χ0n) is 17.7. The van der Waals surface area contributed by atoms with Crippen molar-refractivity contribution in [2.75, 3.05) is 20.3 Å². The Labute approximate surface area is 175 Å². The molecule has 0 saturated carbocycles. The van der Waals surface area contributed by atoms with Gasteiger partial charge in [0.25, 0.3) is 0 Å². The molecule has 0 aliphatic carbocycles. The number of benzene rings is 1. The van der Waals surface area contributed by atoms with Crippen LogP contribution in [0.25, 0.3) is 16.7 Å². The second-order valence-electron chi connectivity index (χ2n) is 6.84. The Balaban J connectivity index is 1.87. The van der Waals surface area contributed by atoms with Gasteiger partial charge in [0.05, 0.1) is 25.1 Å². The molecule has 0 radical (unpaired) electrons. The number of hydrogen-bond donors (Lipinski definition) is 1. The number of rotatable bonds is 8. The van der Waals surface area contributed by atoms with Gasteiger partial charge in [-0.1, -0.05) is 18.2 Å². The summed E-state index contributed by atoms with van der Waals surface area (Å²) in [5.41, 5.74) is 4.32. The van der Waals surface area contributed by atoms with Gasteiger partial charge in [0.15, 0.2) is 5.65 Å². The summed E-state index contributed by atoms with van der Waals surface area (Å²) in [6.07, 6.45) is 0.637. The van der Waals surface area contributed by atoms with Gasteiger partial charge in [-0.3, -0.25) is 9.59 Å². The second kappa shape index (κ2) is 9.39. The first-order valence-corrected chi connectivity index (χ1v) is 9.86. The Morgan fingerprint density at radius 3 is 2.57 bits per heavy atom. The number of nitrogens with zero attached hydrogens (tertiary/aromatic N) is 3. The predicted octanol–water partition coefficient (Wildman–Crippen LogP) is 2.66. The van der Waals surface area contributed by atoms with Crippen LogP contribution >= 0.6 is 0 Å². The molecule has 1 aromatic carbocycles. The second-order valence-corrected chi connectivity index (χ2v) is 6.84. The van der Waals surface area contributed by atoms with Crippen molar-refractivity contribution in [2.45, 2.75) is 33.6 Å². The molecule has 1 N–H and O–H groups in total. The van der Waals surface area contributed by atoms with Gasteiger partial charge in [-0.15, -0.1) is 0 Å². The third kappa shape index (κ3) is 4.42. The van der Waals surface area contributed by atoms with Crippen molar-refractivity contribution < 1.29 is 19.1 Å². The Morgan fingerprint density at radius 2 is 1.90 bits per heavy atom. The van der Waals surface area contributed by atoms with Crippen LogP contribution in [0.3, 0.4) is 0 Å². The van der Waals surface area contributed by atoms with Gasteiger partial charge in [-0.25, -0.2) is 4.68 Å². The van der Waals surface area contributed by atoms with Gasteiger partial charge in [-0.05, 0) is 44.9 Å². The summed E-state index contributed by atoms with van der Waals surface area (Å²) in [6.45, 7) is 5.80. The Hall–Kier alpha value is -3.42. The van der Waals surface area contributed by atoms with Crippen LogP contribution < -0.4 is 10.1 Å². The number of para-hydroxylation sites is 1. The lowest BCUT2D eigenvalue weighted by molar-refractivity contribution is -0.143. The average Bonchev–Trinajstić information content (AvgIpc) is 3.08. The van der Waals surface area contributed by atoms with Gasteiger partial charge >= 0.3 is 5.97 Å². The summed E-state index contributed by atoms with van der Waals surface area (Å²) in [4.78, 5) is 28.3. The lowest BCUT2D eigenvalue weighted by Gasteiger charge is -2.13. The summed E-state index contributed by atoms with van der Waals surface area (Å²) in [7, 11) is 1.56. The largest absolute Gasteiger partial charge is 0.481 e. The fourth-order valence-corrected chi connectivity index (χ4v) is 3.45. The first kappa shape index (κ1) is 21.3. The van der Waals surface area contributed by atoms with Gasteiger partial charge in [0.2, 0.25) is 11.8 Å². The number of methoxy groups -OCH3 is 1. The van der Waals surface area contributed by atoms with Crippen LogP contribution in [0.15, 0.2) is 30.3 Å². The summed E-state index contributed by atoms with van der Waals surface area (Å²) in [6, 6.07) is 9.79. The van der Waals surface area contributed by atoms with E-state index >= 15 is 0 Å². The third-order valence-corrected chi connectivity index (χ3v) is 4.86. The van der Waals surface area contributed by atoms with Crippen molar-refractivity contribution in [3.05, 3.63) is 47.2 Å². The number of fused-ring (bicyclic) bond motifs is 1. The number of carbonyl (C=O) groups excluding carboxylic acids is 2. The Kier molecular flexibility index (Phi) is 6.66. The number of hydrogen-bond acceptors (Lipinski definition) is 6. The minimum absolute atomic E-state index is 0.136. The molecule has 30 heavy (non-hydrogen) atoms. The van der Waals surface area contributed by atoms with E-state index in [9.17, 15) is 9.59 Å². The van der Waals surface area contributed by atoms with E-state index < -0.39 is 5.97 Å². The van der Waals surface area contributed by atoms with Gasteiger partial charge < -0.3 is 14.8 Å². The lowest BCUT2D eigenvalue weighted by Crippen LogP contribution is -2.30. The molecule has 0 bridgehead atoms. The van der Waals surface area contributed by atoms with Crippen molar-refractivity contribution in [1.29, 1.82) is 0 Å². The lowest BCUT2D eigenvalue weighted by atomic mass is 10.0. The summed E-state index contributed by atoms with van der Waals surface area (Å²) in [5.74, 6) is -0.219. The zero-order valence-corrected chi connectivity index (χ0v) is 17.7. The van der Waals surface area contributed by atoms with Crippen LogP contribution in [-0.2, 0) is 20.7 Å². The number of pyridine rings is 1. The topological polar surface area (TPSA) is 95.3 Å². The molecule has 0 unspecified atom stereocenters. The molecule has 0 atom stereocenters. The number of ether oxygens (including phenoxy) is 2. The maximum atomic E-state index is 12.2. The van der Waals surface area contributed by atoms with Crippen molar-refractivity contribution in [3.8, 4) is 11.6 Å². The maximum absolute atomic E-state index is 12.2. The number of esters is 1. The minimum Gasteiger partial charge on any atom is -0.481 e. The highest BCUT2D eigenvalue weighted by molar-refractivity contribution is 5.86. The molecule has 2 aromatic heterocycles. The molecule has 0 saturated heterocycles. The molecular weight excluding hydrogens is 384 g/mol. The highest BCUT2D eigenvalue weighted by Crippen LogP contribution is 2.31. The van der Waals surface area contributed by atoms with E-state index in [0.717, 1.165) is 27.9 Å². The normalized spacial score (nSPS) is 10.8. The van der Waals surface area contributed by atoms with Crippen LogP contribution in [-0.4, -0.2) is 46.9 Å². The number of aromatic nitrogens is 3. The molecule has 3 aromatic rings. The molecule has 3 rings (SSSR count). The number of nitrogens with one attached hydrogen (secondary N) is 1. The van der Waals surface area contributed by atoms with E-state index in [1.165, 1.54) is 0 Å². The van der Waals surface area contributed by atoms with Crippen molar-refractivity contribution in [1.82, 2.24) is 20.1 Å². The summed E-state index contributed by atoms with van der Waals surface area (Å²) >= 11 is 0. The highest BCUT2D eigenvalue weighted by atomic mass is 16.5. The minimum atomic E-state index is -0.452. The van der Waals surface area contributed by atoms with Crippen LogP contribution in [0, 0.1) is 13.8 Å². The Morgan fingerprint density at radius 1 is 1.17 bits per heavy atom. The smallest absolute Gasteiger partial charge is 0.325 e. The van der Waals surface area contributed by atoms with E-state index in [4.69, 9.17) is 14.5 Å². The van der Waals surface area contributed by atoms with E-state index in [1.54, 1.807) is 18.7 Å². The predicted molar refractivity (Wildman–Crippen MR) is 113 cm³/mol. The SMILES string of the molecule is CCOC(=O)CNC(=O)CCc1c(OC)nc2c(c(C)nn2-c2ccccc2)c1C. The van der Waals surface area contributed by atoms with Crippen molar-refractivity contribution in [2.24, 2.45) is 0 Å². The van der Waals surface area contributed by atoms with Crippen LogP contribution in [0.4, 0.5) is 0 Å². The monoisotopic (exact) mass is 410 g/mol. The molecule has 0 aliphatic heterocycles. The number of aryl methyl sites for hydroxylation is 2. The highest BCUT2D eigenvalue weighted by Gasteiger charge is 2.20. The first-order valence-electron chi connectivity index (χ1n) is 9.86. The summed E-state index contributed by atoms with van der Waals surface area (Å²) < 4.78 is 12.2. The molecule has 158 valence electrons. The fraction of sp³-hybridized carbons (Fsp3) is 0.364. The fourth-order valence-electron chi connectivity index (χ4n) is 3.45. The van der Waals surface area contributed by atoms with Crippen LogP contribution in [0.2, 0.25) is 0 Å². The maximum Gasteiger partial charge on any atom is 0.325 e. The third-order valence-electron chi connectivity index (χ3n) is 4.86. The van der Waals surface area contributed by atoms with Gasteiger partial charge in [-0.2, -0.15) is 10.1 Å². The molecule has 0 aliphatic rings. The molecule has 2 heterocycles. The first-order chi connectivity index (χ1) is 14.5. The van der Waals surface area contributed by atoms with Gasteiger partial charge in [0.1, 0.15) is 6.54 Å². The molecule has 0 fully saturated rings.